The number of nitrogens with zero attached hydrogens (tertiary/aromatic N) is 2. The van der Waals surface area contributed by atoms with Crippen molar-refractivity contribution in [1.29, 1.82) is 0 Å². The summed E-state index contributed by atoms with van der Waals surface area (Å²) in [5.74, 6) is 1.35. The molecule has 0 aliphatic rings. The Morgan fingerprint density at radius 3 is 2.48 bits per heavy atom. The van der Waals surface area contributed by atoms with Crippen LogP contribution in [0.15, 0.2) is 58.0 Å². The van der Waals surface area contributed by atoms with Crippen LogP contribution < -0.4 is 15.4 Å². The van der Waals surface area contributed by atoms with E-state index in [1.165, 1.54) is 0 Å². The van der Waals surface area contributed by atoms with Gasteiger partial charge in [-0.05, 0) is 23.8 Å². The van der Waals surface area contributed by atoms with E-state index in [1.54, 1.807) is 26.1 Å². The molecule has 2 aromatic carbocycles. The van der Waals surface area contributed by atoms with Gasteiger partial charge in [0, 0.05) is 30.7 Å². The number of hydrogen-bond donors (Lipinski definition) is 2. The second kappa shape index (κ2) is 10.6. The fraction of sp³-hybridized carbons (Fsp3) is 0.300. The number of carbonyl (C=O) groups excluding carboxylic acids is 1. The van der Waals surface area contributed by atoms with Crippen LogP contribution >= 0.6 is 15.9 Å². The van der Waals surface area contributed by atoms with Crippen molar-refractivity contribution in [3.05, 3.63) is 64.1 Å². The Balaban J connectivity index is 2.06. The molecule has 0 saturated heterocycles. The van der Waals surface area contributed by atoms with Gasteiger partial charge in [-0.15, -0.1) is 0 Å². The SMILES string of the molecule is COc1ccccc1CNC(=NCc1ccc(Br)cc1)NCC(=O)N(C)C. The van der Waals surface area contributed by atoms with Crippen molar-refractivity contribution in [3.63, 3.8) is 0 Å². The molecule has 2 aromatic rings. The lowest BCUT2D eigenvalue weighted by Gasteiger charge is -2.16. The van der Waals surface area contributed by atoms with Gasteiger partial charge in [-0.2, -0.15) is 0 Å². The molecule has 0 bridgehead atoms. The summed E-state index contributed by atoms with van der Waals surface area (Å²) >= 11 is 3.43. The first-order valence-corrected chi connectivity index (χ1v) is 9.37. The van der Waals surface area contributed by atoms with Gasteiger partial charge < -0.3 is 20.3 Å². The van der Waals surface area contributed by atoms with Crippen LogP contribution in [-0.4, -0.2) is 44.5 Å². The molecule has 7 heteroatoms. The number of hydrogen-bond acceptors (Lipinski definition) is 3. The lowest BCUT2D eigenvalue weighted by atomic mass is 10.2. The van der Waals surface area contributed by atoms with Crippen LogP contribution in [0.5, 0.6) is 5.75 Å². The molecule has 0 spiro atoms. The highest BCUT2D eigenvalue weighted by molar-refractivity contribution is 9.10. The van der Waals surface area contributed by atoms with Crippen molar-refractivity contribution in [2.45, 2.75) is 13.1 Å². The van der Waals surface area contributed by atoms with Crippen molar-refractivity contribution in [2.75, 3.05) is 27.7 Å². The van der Waals surface area contributed by atoms with Crippen LogP contribution in [0, 0.1) is 0 Å². The first kappa shape index (κ1) is 20.8. The molecular weight excluding hydrogens is 408 g/mol. The van der Waals surface area contributed by atoms with Gasteiger partial charge in [-0.1, -0.05) is 46.3 Å². The number of benzene rings is 2. The van der Waals surface area contributed by atoms with Crippen molar-refractivity contribution in [3.8, 4) is 5.75 Å². The van der Waals surface area contributed by atoms with Crippen LogP contribution in [0.1, 0.15) is 11.1 Å². The number of rotatable bonds is 7. The maximum Gasteiger partial charge on any atom is 0.241 e. The molecule has 0 saturated carbocycles. The van der Waals surface area contributed by atoms with E-state index in [0.717, 1.165) is 21.3 Å². The van der Waals surface area contributed by atoms with Crippen LogP contribution in [0.25, 0.3) is 0 Å². The fourth-order valence-electron chi connectivity index (χ4n) is 2.28. The lowest BCUT2D eigenvalue weighted by molar-refractivity contribution is -0.127. The summed E-state index contributed by atoms with van der Waals surface area (Å²) in [6, 6.07) is 15.8. The molecule has 0 unspecified atom stereocenters. The van der Waals surface area contributed by atoms with Gasteiger partial charge in [0.25, 0.3) is 0 Å². The van der Waals surface area contributed by atoms with Crippen molar-refractivity contribution >= 4 is 27.8 Å². The number of likely N-dealkylation sites (N-methyl/N-ethyl adjacent to an activating group) is 1. The zero-order valence-electron chi connectivity index (χ0n) is 15.8. The van der Waals surface area contributed by atoms with Gasteiger partial charge in [-0.25, -0.2) is 4.99 Å². The van der Waals surface area contributed by atoms with E-state index in [9.17, 15) is 4.79 Å². The molecule has 2 N–H and O–H groups in total. The highest BCUT2D eigenvalue weighted by atomic mass is 79.9. The smallest absolute Gasteiger partial charge is 0.241 e. The Kier molecular flexibility index (Phi) is 8.13. The molecule has 27 heavy (non-hydrogen) atoms. The lowest BCUT2D eigenvalue weighted by Crippen LogP contribution is -2.42. The van der Waals surface area contributed by atoms with Crippen LogP contribution in [0.2, 0.25) is 0 Å². The summed E-state index contributed by atoms with van der Waals surface area (Å²) in [6.45, 7) is 1.21. The first-order chi connectivity index (χ1) is 13.0. The van der Waals surface area contributed by atoms with Gasteiger partial charge in [0.2, 0.25) is 5.91 Å². The third-order valence-electron chi connectivity index (χ3n) is 3.88. The first-order valence-electron chi connectivity index (χ1n) is 8.58. The zero-order valence-corrected chi connectivity index (χ0v) is 17.4. The number of methoxy groups -OCH3 is 1. The highest BCUT2D eigenvalue weighted by Gasteiger charge is 2.07. The van der Waals surface area contributed by atoms with Gasteiger partial charge in [0.1, 0.15) is 5.75 Å². The van der Waals surface area contributed by atoms with E-state index < -0.39 is 0 Å². The van der Waals surface area contributed by atoms with Crippen LogP contribution in [0.4, 0.5) is 0 Å². The summed E-state index contributed by atoms with van der Waals surface area (Å²) in [5.41, 5.74) is 2.09. The minimum atomic E-state index is -0.0227. The average Bonchev–Trinajstić information content (AvgIpc) is 2.68. The fourth-order valence-corrected chi connectivity index (χ4v) is 2.54. The molecular formula is C20H25BrN4O2. The normalized spacial score (nSPS) is 11.0. The van der Waals surface area contributed by atoms with Crippen molar-refractivity contribution in [1.82, 2.24) is 15.5 Å². The standard InChI is InChI=1S/C20H25BrN4O2/c1-25(2)19(26)14-24-20(22-12-15-8-10-17(21)11-9-15)23-13-16-6-4-5-7-18(16)27-3/h4-11H,12-14H2,1-3H3,(H2,22,23,24). The van der Waals surface area contributed by atoms with Crippen molar-refractivity contribution < 1.29 is 9.53 Å². The second-order valence-corrected chi connectivity index (χ2v) is 7.01. The minimum Gasteiger partial charge on any atom is -0.496 e. The van der Waals surface area contributed by atoms with Gasteiger partial charge in [-0.3, -0.25) is 4.79 Å². The quantitative estimate of drug-likeness (QED) is 0.521. The van der Waals surface area contributed by atoms with E-state index in [0.29, 0.717) is 19.0 Å². The topological polar surface area (TPSA) is 66.0 Å². The number of guanidine groups is 1. The summed E-state index contributed by atoms with van der Waals surface area (Å²) in [6.07, 6.45) is 0. The Morgan fingerprint density at radius 1 is 1.11 bits per heavy atom. The summed E-state index contributed by atoms with van der Waals surface area (Å²) in [4.78, 5) is 18.0. The average molecular weight is 433 g/mol. The number of nitrogens with one attached hydrogen (secondary N) is 2. The Morgan fingerprint density at radius 2 is 1.81 bits per heavy atom. The predicted octanol–water partition coefficient (Wildman–Crippen LogP) is 2.78. The molecule has 0 heterocycles. The number of aliphatic imine (C=N–C) groups is 1. The monoisotopic (exact) mass is 432 g/mol. The maximum atomic E-state index is 11.9. The molecule has 6 nitrogen and oxygen atoms in total. The molecule has 0 aromatic heterocycles. The highest BCUT2D eigenvalue weighted by Crippen LogP contribution is 2.16. The third kappa shape index (κ3) is 6.94. The van der Waals surface area contributed by atoms with E-state index in [2.05, 4.69) is 31.6 Å². The van der Waals surface area contributed by atoms with E-state index >= 15 is 0 Å². The minimum absolute atomic E-state index is 0.0227. The Labute approximate surface area is 168 Å². The molecule has 2 rings (SSSR count). The molecule has 0 aliphatic heterocycles. The molecule has 0 atom stereocenters. The van der Waals surface area contributed by atoms with Crippen LogP contribution in [-0.2, 0) is 17.9 Å². The van der Waals surface area contributed by atoms with E-state index in [1.807, 2.05) is 48.5 Å². The van der Waals surface area contributed by atoms with E-state index in [-0.39, 0.29) is 12.5 Å². The summed E-state index contributed by atoms with van der Waals surface area (Å²) < 4.78 is 6.41. The maximum absolute atomic E-state index is 11.9. The molecule has 1 amide bonds. The van der Waals surface area contributed by atoms with Crippen molar-refractivity contribution in [2.24, 2.45) is 4.99 Å². The largest absolute Gasteiger partial charge is 0.496 e. The summed E-state index contributed by atoms with van der Waals surface area (Å²) in [7, 11) is 5.10. The number of amides is 1. The number of halogens is 1. The number of para-hydroxylation sites is 1. The van der Waals surface area contributed by atoms with Crippen LogP contribution in [0.3, 0.4) is 0 Å². The summed E-state index contributed by atoms with van der Waals surface area (Å²) in [5, 5.41) is 6.35. The molecule has 0 radical (unpaired) electrons. The number of carbonyl (C=O) groups is 1. The number of ether oxygens (including phenoxy) is 1. The van der Waals surface area contributed by atoms with Gasteiger partial charge in [0.15, 0.2) is 5.96 Å². The second-order valence-electron chi connectivity index (χ2n) is 6.10. The van der Waals surface area contributed by atoms with Gasteiger partial charge in [0.05, 0.1) is 20.2 Å². The Hall–Kier alpha value is -2.54. The van der Waals surface area contributed by atoms with E-state index in [4.69, 9.17) is 4.74 Å². The van der Waals surface area contributed by atoms with Gasteiger partial charge >= 0.3 is 0 Å². The Bertz CT molecular complexity index is 776. The molecule has 144 valence electrons. The third-order valence-corrected chi connectivity index (χ3v) is 4.41. The molecule has 0 fully saturated rings. The zero-order chi connectivity index (χ0) is 19.6. The molecule has 0 aliphatic carbocycles. The predicted molar refractivity (Wildman–Crippen MR) is 112 cm³/mol.